The van der Waals surface area contributed by atoms with Crippen LogP contribution in [0.2, 0.25) is 0 Å². The highest BCUT2D eigenvalue weighted by Gasteiger charge is 2.32. The van der Waals surface area contributed by atoms with Crippen molar-refractivity contribution < 1.29 is 8.78 Å². The van der Waals surface area contributed by atoms with Crippen molar-refractivity contribution in [3.05, 3.63) is 60.1 Å². The molecule has 7 nitrogen and oxygen atoms in total. The van der Waals surface area contributed by atoms with Gasteiger partial charge in [0.1, 0.15) is 22.8 Å². The zero-order valence-corrected chi connectivity index (χ0v) is 20.4. The highest BCUT2D eigenvalue weighted by molar-refractivity contribution is 5.78. The van der Waals surface area contributed by atoms with Crippen LogP contribution in [-0.2, 0) is 0 Å². The molecule has 36 heavy (non-hydrogen) atoms. The first-order chi connectivity index (χ1) is 17.3. The molecule has 1 aliphatic rings. The maximum Gasteiger partial charge on any atom is 0.165 e. The third-order valence-electron chi connectivity index (χ3n) is 6.70. The van der Waals surface area contributed by atoms with Crippen molar-refractivity contribution in [3.8, 4) is 29.3 Å². The molecule has 4 heterocycles. The number of pyridine rings is 2. The molecule has 1 saturated heterocycles. The van der Waals surface area contributed by atoms with E-state index in [-0.39, 0.29) is 17.8 Å². The molecule has 0 amide bonds. The van der Waals surface area contributed by atoms with E-state index in [4.69, 9.17) is 17.1 Å². The van der Waals surface area contributed by atoms with Gasteiger partial charge in [-0.2, -0.15) is 0 Å². The first kappa shape index (κ1) is 23.7. The predicted octanol–water partition coefficient (Wildman–Crippen LogP) is 4.18. The van der Waals surface area contributed by atoms with Gasteiger partial charge in [-0.15, -0.1) is 6.42 Å². The van der Waals surface area contributed by atoms with Crippen LogP contribution in [0.3, 0.4) is 0 Å². The lowest BCUT2D eigenvalue weighted by atomic mass is 10.1. The fraction of sp³-hybridized carbons (Fsp3) is 0.296. The molecule has 0 saturated carbocycles. The number of hydrogen-bond acceptors (Lipinski definition) is 6. The molecule has 1 aliphatic heterocycles. The molecule has 0 spiro atoms. The normalized spacial score (nSPS) is 18.5. The summed E-state index contributed by atoms with van der Waals surface area (Å²) in [7, 11) is 0. The standard InChI is InChI=1S/C27H27F2N7/c1-5-10-35-16(2)14-34(15-17(35)3)26-21(28)12-20(13-22(26)29)36-18(4)32-24-7-6-23(33-27(24)36)19-8-9-31-25(30)11-19/h1,6-9,11-13,16-17H,10,14-15H2,2-4H3,(H2,30,31)/t16-,17+. The number of fused-ring (bicyclic) bond motifs is 1. The quantitative estimate of drug-likeness (QED) is 0.435. The predicted molar refractivity (Wildman–Crippen MR) is 138 cm³/mol. The van der Waals surface area contributed by atoms with Crippen molar-refractivity contribution in [1.29, 1.82) is 0 Å². The van der Waals surface area contributed by atoms with Crippen LogP contribution in [0.5, 0.6) is 0 Å². The van der Waals surface area contributed by atoms with Gasteiger partial charge in [0.2, 0.25) is 0 Å². The fourth-order valence-corrected chi connectivity index (χ4v) is 5.09. The average molecular weight is 488 g/mol. The van der Waals surface area contributed by atoms with Crippen molar-refractivity contribution >= 4 is 22.7 Å². The molecular weight excluding hydrogens is 460 g/mol. The number of anilines is 2. The number of hydrogen-bond donors (Lipinski definition) is 1. The summed E-state index contributed by atoms with van der Waals surface area (Å²) in [6.45, 7) is 7.28. The monoisotopic (exact) mass is 487 g/mol. The summed E-state index contributed by atoms with van der Waals surface area (Å²) in [5, 5.41) is 0. The zero-order valence-electron chi connectivity index (χ0n) is 20.4. The second-order valence-corrected chi connectivity index (χ2v) is 9.24. The van der Waals surface area contributed by atoms with Gasteiger partial charge in [-0.1, -0.05) is 5.92 Å². The van der Waals surface area contributed by atoms with Gasteiger partial charge in [-0.25, -0.2) is 23.7 Å². The molecule has 5 rings (SSSR count). The second-order valence-electron chi connectivity index (χ2n) is 9.24. The maximum atomic E-state index is 15.5. The van der Waals surface area contributed by atoms with Crippen LogP contribution < -0.4 is 10.6 Å². The van der Waals surface area contributed by atoms with Crippen LogP contribution in [-0.4, -0.2) is 56.1 Å². The minimum Gasteiger partial charge on any atom is -0.384 e. The first-order valence-electron chi connectivity index (χ1n) is 11.8. The van der Waals surface area contributed by atoms with E-state index in [1.165, 1.54) is 12.1 Å². The molecule has 0 aliphatic carbocycles. The Balaban J connectivity index is 1.54. The van der Waals surface area contributed by atoms with Crippen LogP contribution in [0.15, 0.2) is 42.6 Å². The Morgan fingerprint density at radius 3 is 2.39 bits per heavy atom. The molecule has 0 unspecified atom stereocenters. The number of benzene rings is 1. The van der Waals surface area contributed by atoms with Gasteiger partial charge >= 0.3 is 0 Å². The number of nitrogen functional groups attached to an aromatic ring is 1. The maximum absolute atomic E-state index is 15.5. The summed E-state index contributed by atoms with van der Waals surface area (Å²) >= 11 is 0. The highest BCUT2D eigenvalue weighted by Crippen LogP contribution is 2.32. The van der Waals surface area contributed by atoms with Gasteiger partial charge in [0.25, 0.3) is 0 Å². The van der Waals surface area contributed by atoms with Gasteiger partial charge in [-0.05, 0) is 45.0 Å². The molecule has 1 fully saturated rings. The topological polar surface area (TPSA) is 76.1 Å². The third kappa shape index (κ3) is 4.14. The number of nitrogens with two attached hydrogens (primary N) is 1. The minimum atomic E-state index is -0.630. The first-order valence-corrected chi connectivity index (χ1v) is 11.8. The van der Waals surface area contributed by atoms with Crippen LogP contribution in [0, 0.1) is 30.9 Å². The average Bonchev–Trinajstić information content (AvgIpc) is 3.16. The fourth-order valence-electron chi connectivity index (χ4n) is 5.09. The van der Waals surface area contributed by atoms with Crippen molar-refractivity contribution in [1.82, 2.24) is 24.4 Å². The van der Waals surface area contributed by atoms with Crippen LogP contribution in [0.4, 0.5) is 20.3 Å². The van der Waals surface area contributed by atoms with E-state index in [2.05, 4.69) is 20.8 Å². The highest BCUT2D eigenvalue weighted by atomic mass is 19.1. The summed E-state index contributed by atoms with van der Waals surface area (Å²) in [6, 6.07) is 10.0. The Kier molecular flexibility index (Phi) is 6.06. The minimum absolute atomic E-state index is 0.0270. The molecule has 0 radical (unpaired) electrons. The van der Waals surface area contributed by atoms with E-state index in [1.807, 2.05) is 26.0 Å². The summed E-state index contributed by atoms with van der Waals surface area (Å²) in [5.41, 5.74) is 8.68. The number of piperazine rings is 1. The Morgan fingerprint density at radius 2 is 1.75 bits per heavy atom. The number of imidazole rings is 1. The van der Waals surface area contributed by atoms with Gasteiger partial charge in [0.15, 0.2) is 17.3 Å². The van der Waals surface area contributed by atoms with Crippen LogP contribution in [0.1, 0.15) is 19.7 Å². The van der Waals surface area contributed by atoms with Crippen molar-refractivity contribution in [2.75, 3.05) is 30.3 Å². The number of nitrogens with zero attached hydrogens (tertiary/aromatic N) is 6. The molecular formula is C27H27F2N7. The number of terminal acetylenes is 1. The SMILES string of the molecule is C#CCN1[C@H](C)CN(c2c(F)cc(-n3c(C)nc4ccc(-c5ccnc(N)c5)nc43)cc2F)C[C@@H]1C. The molecule has 2 N–H and O–H groups in total. The van der Waals surface area contributed by atoms with E-state index < -0.39 is 11.6 Å². The molecule has 4 aromatic rings. The number of aryl methyl sites for hydroxylation is 1. The Hall–Kier alpha value is -4.03. The Bertz CT molecular complexity index is 1450. The molecule has 0 bridgehead atoms. The van der Waals surface area contributed by atoms with Gasteiger partial charge in [0.05, 0.1) is 17.9 Å². The van der Waals surface area contributed by atoms with Gasteiger partial charge in [-0.3, -0.25) is 9.47 Å². The summed E-state index contributed by atoms with van der Waals surface area (Å²) in [5.74, 6) is 2.36. The lowest BCUT2D eigenvalue weighted by molar-refractivity contribution is 0.151. The number of aromatic nitrogens is 4. The largest absolute Gasteiger partial charge is 0.384 e. The van der Waals surface area contributed by atoms with Crippen molar-refractivity contribution in [3.63, 3.8) is 0 Å². The third-order valence-corrected chi connectivity index (χ3v) is 6.70. The smallest absolute Gasteiger partial charge is 0.165 e. The second kappa shape index (κ2) is 9.21. The van der Waals surface area contributed by atoms with Gasteiger partial charge < -0.3 is 10.6 Å². The molecule has 184 valence electrons. The molecule has 9 heteroatoms. The molecule has 1 aromatic carbocycles. The molecule has 2 atom stereocenters. The number of halogens is 2. The van der Waals surface area contributed by atoms with Crippen LogP contribution in [0.25, 0.3) is 28.1 Å². The summed E-state index contributed by atoms with van der Waals surface area (Å²) < 4.78 is 32.7. The summed E-state index contributed by atoms with van der Waals surface area (Å²) in [6.07, 6.45) is 7.10. The Morgan fingerprint density at radius 1 is 1.06 bits per heavy atom. The van der Waals surface area contributed by atoms with Crippen LogP contribution >= 0.6 is 0 Å². The number of rotatable bonds is 4. The lowest BCUT2D eigenvalue weighted by Gasteiger charge is -2.44. The Labute approximate surface area is 208 Å². The van der Waals surface area contributed by atoms with E-state index in [1.54, 1.807) is 34.7 Å². The van der Waals surface area contributed by atoms with E-state index in [0.29, 0.717) is 53.8 Å². The summed E-state index contributed by atoms with van der Waals surface area (Å²) in [4.78, 5) is 17.2. The van der Waals surface area contributed by atoms with E-state index in [0.717, 1.165) is 5.56 Å². The van der Waals surface area contributed by atoms with Crippen molar-refractivity contribution in [2.24, 2.45) is 0 Å². The zero-order chi connectivity index (χ0) is 25.6. The van der Waals surface area contributed by atoms with E-state index in [9.17, 15) is 0 Å². The van der Waals surface area contributed by atoms with Crippen molar-refractivity contribution in [2.45, 2.75) is 32.9 Å². The van der Waals surface area contributed by atoms with E-state index >= 15 is 8.78 Å². The lowest BCUT2D eigenvalue weighted by Crippen LogP contribution is -2.57. The van der Waals surface area contributed by atoms with Gasteiger partial charge in [0, 0.05) is 49.1 Å². The molecule has 3 aromatic heterocycles.